The highest BCUT2D eigenvalue weighted by atomic mass is 16.4. The van der Waals surface area contributed by atoms with Crippen molar-refractivity contribution in [2.24, 2.45) is 0 Å². The molecule has 0 aromatic carbocycles. The molecule has 0 aliphatic carbocycles. The number of carboxylic acids is 4. The van der Waals surface area contributed by atoms with E-state index in [1.807, 2.05) is 18.5 Å². The standard InChI is InChI=1S/C10H14N2.2C4H6O6.4H2O/c1-12-7-3-5-10(12)9-4-2-6-11-8-9;2*5-1(3(7)8)2(6)4(9)10;;;;/h2,4,6,8,10H,3,5,7H2,1H3;2*1-2,5-6H,(H,7,8)(H,9,10);4*1H2/t10-;2*1-,2-;;;;/m011..../s1. The molecule has 1 saturated heterocycles. The molecular formula is C18H34N2O16. The van der Waals surface area contributed by atoms with Crippen LogP contribution < -0.4 is 0 Å². The molecule has 2 heterocycles. The zero-order valence-corrected chi connectivity index (χ0v) is 18.9. The molecule has 0 bridgehead atoms. The van der Waals surface area contributed by atoms with Crippen LogP contribution in [0.25, 0.3) is 0 Å². The van der Waals surface area contributed by atoms with Gasteiger partial charge in [0.2, 0.25) is 0 Å². The number of aromatic nitrogens is 1. The maximum Gasteiger partial charge on any atom is 0.335 e. The predicted molar refractivity (Wildman–Crippen MR) is 118 cm³/mol. The van der Waals surface area contributed by atoms with Crippen molar-refractivity contribution >= 4 is 23.9 Å². The summed E-state index contributed by atoms with van der Waals surface area (Å²) in [5, 5.41) is 65.1. The van der Waals surface area contributed by atoms with Gasteiger partial charge in [0, 0.05) is 18.4 Å². The van der Waals surface area contributed by atoms with Crippen molar-refractivity contribution in [3.05, 3.63) is 30.1 Å². The Morgan fingerprint density at radius 1 is 0.806 bits per heavy atom. The minimum atomic E-state index is -2.27. The highest BCUT2D eigenvalue weighted by Crippen LogP contribution is 2.29. The Kier molecular flexibility index (Phi) is 25.0. The van der Waals surface area contributed by atoms with E-state index in [9.17, 15) is 19.2 Å². The zero-order valence-electron chi connectivity index (χ0n) is 18.9. The molecule has 16 N–H and O–H groups in total. The average Bonchev–Trinajstić information content (AvgIpc) is 3.18. The van der Waals surface area contributed by atoms with Crippen LogP contribution in [0.3, 0.4) is 0 Å². The number of aliphatic carboxylic acids is 4. The number of hydrogen-bond donors (Lipinski definition) is 8. The summed E-state index contributed by atoms with van der Waals surface area (Å²) in [6.07, 6.45) is -2.66. The minimum absolute atomic E-state index is 0. The average molecular weight is 534 g/mol. The van der Waals surface area contributed by atoms with Gasteiger partial charge < -0.3 is 62.8 Å². The Balaban J connectivity index is -0.000000128. The third kappa shape index (κ3) is 14.8. The monoisotopic (exact) mass is 534 g/mol. The predicted octanol–water partition coefficient (Wildman–Crippen LogP) is -5.70. The van der Waals surface area contributed by atoms with Crippen LogP contribution in [-0.4, -0.2) is 135 Å². The summed E-state index contributed by atoms with van der Waals surface area (Å²) >= 11 is 0. The molecule has 1 fully saturated rings. The van der Waals surface area contributed by atoms with Crippen molar-refractivity contribution in [2.45, 2.75) is 43.3 Å². The van der Waals surface area contributed by atoms with Gasteiger partial charge in [-0.25, -0.2) is 19.2 Å². The van der Waals surface area contributed by atoms with Crippen LogP contribution in [0.15, 0.2) is 24.5 Å². The van der Waals surface area contributed by atoms with Gasteiger partial charge in [-0.3, -0.25) is 9.88 Å². The molecule has 0 saturated carbocycles. The first kappa shape index (κ1) is 42.8. The van der Waals surface area contributed by atoms with Gasteiger partial charge in [0.15, 0.2) is 24.4 Å². The summed E-state index contributed by atoms with van der Waals surface area (Å²) < 4.78 is 0. The van der Waals surface area contributed by atoms with Crippen LogP contribution in [0.2, 0.25) is 0 Å². The van der Waals surface area contributed by atoms with Gasteiger partial charge in [0.25, 0.3) is 0 Å². The largest absolute Gasteiger partial charge is 0.479 e. The van der Waals surface area contributed by atoms with Crippen LogP contribution in [0, 0.1) is 0 Å². The zero-order chi connectivity index (χ0) is 25.0. The highest BCUT2D eigenvalue weighted by Gasteiger charge is 2.30. The van der Waals surface area contributed by atoms with E-state index in [1.54, 1.807) is 0 Å². The Morgan fingerprint density at radius 3 is 1.39 bits per heavy atom. The van der Waals surface area contributed by atoms with E-state index in [1.165, 1.54) is 24.9 Å². The fourth-order valence-corrected chi connectivity index (χ4v) is 2.44. The van der Waals surface area contributed by atoms with Crippen LogP contribution in [0.5, 0.6) is 0 Å². The lowest BCUT2D eigenvalue weighted by Crippen LogP contribution is -2.39. The summed E-state index contributed by atoms with van der Waals surface area (Å²) in [7, 11) is 2.19. The van der Waals surface area contributed by atoms with Crippen molar-refractivity contribution in [1.82, 2.24) is 9.88 Å². The number of likely N-dealkylation sites (tertiary alicyclic amines) is 1. The van der Waals surface area contributed by atoms with E-state index in [0.717, 1.165) is 0 Å². The molecule has 0 amide bonds. The van der Waals surface area contributed by atoms with E-state index in [0.29, 0.717) is 6.04 Å². The van der Waals surface area contributed by atoms with Gasteiger partial charge in [-0.05, 0) is 38.1 Å². The molecule has 1 aliphatic heterocycles. The minimum Gasteiger partial charge on any atom is -0.479 e. The van der Waals surface area contributed by atoms with Crippen molar-refractivity contribution in [3.63, 3.8) is 0 Å². The number of carbonyl (C=O) groups is 4. The van der Waals surface area contributed by atoms with Gasteiger partial charge in [0.05, 0.1) is 0 Å². The number of aliphatic hydroxyl groups excluding tert-OH is 4. The molecule has 0 unspecified atom stereocenters. The second-order valence-electron chi connectivity index (χ2n) is 6.56. The summed E-state index contributed by atoms with van der Waals surface area (Å²) in [5.74, 6) is -7.07. The van der Waals surface area contributed by atoms with Crippen molar-refractivity contribution in [1.29, 1.82) is 0 Å². The van der Waals surface area contributed by atoms with Crippen molar-refractivity contribution in [3.8, 4) is 0 Å². The molecule has 36 heavy (non-hydrogen) atoms. The molecule has 5 atom stereocenters. The topological polar surface area (TPSA) is 372 Å². The normalized spacial score (nSPS) is 17.0. The summed E-state index contributed by atoms with van der Waals surface area (Å²) in [6, 6.07) is 4.79. The molecule has 0 radical (unpaired) electrons. The Labute approximate surface area is 203 Å². The maximum atomic E-state index is 9.77. The molecule has 2 rings (SSSR count). The first-order valence-corrected chi connectivity index (χ1v) is 9.04. The lowest BCUT2D eigenvalue weighted by Gasteiger charge is -2.18. The molecule has 1 aromatic rings. The highest BCUT2D eigenvalue weighted by molar-refractivity contribution is 5.83. The lowest BCUT2D eigenvalue weighted by atomic mass is 10.1. The third-order valence-electron chi connectivity index (χ3n) is 4.20. The van der Waals surface area contributed by atoms with Crippen LogP contribution in [0.4, 0.5) is 0 Å². The van der Waals surface area contributed by atoms with Gasteiger partial charge >= 0.3 is 23.9 Å². The SMILES string of the molecule is CN1CCC[C@H]1c1cccnc1.O.O.O.O.O=C(O)[C@H](O)[C@@H](O)C(=O)O.O=C(O)[C@H](O)[C@@H](O)C(=O)O. The second kappa shape index (κ2) is 21.0. The quantitative estimate of drug-likeness (QED) is 0.161. The molecular weight excluding hydrogens is 500 g/mol. The smallest absolute Gasteiger partial charge is 0.335 e. The first-order chi connectivity index (χ1) is 14.8. The fraction of sp³-hybridized carbons (Fsp3) is 0.500. The number of carboxylic acid groups (broad SMARTS) is 4. The maximum absolute atomic E-state index is 9.77. The second-order valence-corrected chi connectivity index (χ2v) is 6.56. The molecule has 1 aromatic heterocycles. The summed E-state index contributed by atoms with van der Waals surface area (Å²) in [6.45, 7) is 1.22. The molecule has 1 aliphatic rings. The molecule has 212 valence electrons. The van der Waals surface area contributed by atoms with Gasteiger partial charge in [0.1, 0.15) is 0 Å². The number of rotatable bonds is 7. The van der Waals surface area contributed by atoms with Gasteiger partial charge in [-0.1, -0.05) is 6.07 Å². The molecule has 18 nitrogen and oxygen atoms in total. The Bertz CT molecular complexity index is 693. The Morgan fingerprint density at radius 2 is 1.17 bits per heavy atom. The fourth-order valence-electron chi connectivity index (χ4n) is 2.44. The van der Waals surface area contributed by atoms with Gasteiger partial charge in [-0.2, -0.15) is 0 Å². The summed E-state index contributed by atoms with van der Waals surface area (Å²) in [4.78, 5) is 45.6. The Hall–Kier alpha value is -3.33. The number of nitrogens with zero attached hydrogens (tertiary/aromatic N) is 2. The van der Waals surface area contributed by atoms with Crippen LogP contribution in [-0.2, 0) is 19.2 Å². The van der Waals surface area contributed by atoms with Crippen LogP contribution >= 0.6 is 0 Å². The number of hydrogen-bond acceptors (Lipinski definition) is 10. The lowest BCUT2D eigenvalue weighted by molar-refractivity contribution is -0.165. The van der Waals surface area contributed by atoms with E-state index < -0.39 is 48.3 Å². The van der Waals surface area contributed by atoms with E-state index in [4.69, 9.17) is 40.9 Å². The van der Waals surface area contributed by atoms with Crippen LogP contribution in [0.1, 0.15) is 24.4 Å². The number of pyridine rings is 1. The molecule has 0 spiro atoms. The van der Waals surface area contributed by atoms with E-state index in [-0.39, 0.29) is 21.9 Å². The van der Waals surface area contributed by atoms with Crippen molar-refractivity contribution in [2.75, 3.05) is 13.6 Å². The number of aliphatic hydroxyl groups is 4. The third-order valence-corrected chi connectivity index (χ3v) is 4.20. The molecule has 18 heteroatoms. The van der Waals surface area contributed by atoms with Crippen molar-refractivity contribution < 1.29 is 81.9 Å². The van der Waals surface area contributed by atoms with E-state index >= 15 is 0 Å². The summed E-state index contributed by atoms with van der Waals surface area (Å²) in [5.41, 5.74) is 1.36. The van der Waals surface area contributed by atoms with Gasteiger partial charge in [-0.15, -0.1) is 0 Å². The first-order valence-electron chi connectivity index (χ1n) is 9.04. The van der Waals surface area contributed by atoms with E-state index in [2.05, 4.69) is 23.0 Å².